The molecule has 1 aliphatic carbocycles. The molecule has 0 unspecified atom stereocenters. The van der Waals surface area contributed by atoms with E-state index in [0.29, 0.717) is 0 Å². The number of hydrogen-bond donors (Lipinski definition) is 0. The molecule has 0 bridgehead atoms. The molecule has 1 aliphatic rings. The van der Waals surface area contributed by atoms with Crippen LogP contribution in [0.3, 0.4) is 0 Å². The lowest BCUT2D eigenvalue weighted by molar-refractivity contribution is 0.667. The Bertz CT molecular complexity index is 1500. The predicted octanol–water partition coefficient (Wildman–Crippen LogP) is 8.82. The molecule has 0 spiro atoms. The highest BCUT2D eigenvalue weighted by Crippen LogP contribution is 2.39. The van der Waals surface area contributed by atoms with E-state index in [1.54, 1.807) is 0 Å². The molecule has 1 aromatic heterocycles. The second-order valence-electron chi connectivity index (χ2n) is 8.56. The number of benzene rings is 4. The molecule has 32 heavy (non-hydrogen) atoms. The van der Waals surface area contributed by atoms with Crippen LogP contribution in [0, 0.1) is 6.92 Å². The number of rotatable bonds is 3. The van der Waals surface area contributed by atoms with Gasteiger partial charge in [0.05, 0.1) is 0 Å². The first-order chi connectivity index (χ1) is 15.8. The van der Waals surface area contributed by atoms with Crippen molar-refractivity contribution in [2.45, 2.75) is 19.8 Å². The summed E-state index contributed by atoms with van der Waals surface area (Å²) in [7, 11) is 0. The van der Waals surface area contributed by atoms with E-state index in [-0.39, 0.29) is 0 Å². The maximum absolute atomic E-state index is 6.32. The van der Waals surface area contributed by atoms with Crippen molar-refractivity contribution in [2.75, 3.05) is 0 Å². The fraction of sp³-hybridized carbons (Fsp3) is 0.0968. The molecule has 0 saturated carbocycles. The lowest BCUT2D eigenvalue weighted by Gasteiger charge is -2.16. The summed E-state index contributed by atoms with van der Waals surface area (Å²) in [6.45, 7) is 2.15. The normalized spacial score (nSPS) is 13.9. The minimum atomic E-state index is 0.971. The zero-order valence-corrected chi connectivity index (χ0v) is 18.1. The van der Waals surface area contributed by atoms with Crippen molar-refractivity contribution in [3.05, 3.63) is 120 Å². The molecular weight excluding hydrogens is 388 g/mol. The largest absolute Gasteiger partial charge is 0.455 e. The molecule has 1 heteroatoms. The van der Waals surface area contributed by atoms with Gasteiger partial charge in [0.15, 0.2) is 0 Å². The van der Waals surface area contributed by atoms with Gasteiger partial charge in [0.1, 0.15) is 11.2 Å². The minimum Gasteiger partial charge on any atom is -0.455 e. The predicted molar refractivity (Wildman–Crippen MR) is 136 cm³/mol. The van der Waals surface area contributed by atoms with Gasteiger partial charge in [-0.05, 0) is 59.2 Å². The third-order valence-corrected chi connectivity index (χ3v) is 6.59. The number of hydrogen-bond acceptors (Lipinski definition) is 1. The van der Waals surface area contributed by atoms with Gasteiger partial charge in [0.25, 0.3) is 0 Å². The fourth-order valence-electron chi connectivity index (χ4n) is 4.89. The maximum Gasteiger partial charge on any atom is 0.142 e. The zero-order chi connectivity index (χ0) is 21.5. The number of fused-ring (bicyclic) bond motifs is 3. The summed E-state index contributed by atoms with van der Waals surface area (Å²) in [5.41, 5.74) is 11.0. The molecule has 5 aromatic rings. The third kappa shape index (κ3) is 3.18. The lowest BCUT2D eigenvalue weighted by Crippen LogP contribution is -1.94. The van der Waals surface area contributed by atoms with Gasteiger partial charge in [-0.3, -0.25) is 0 Å². The molecule has 0 amide bonds. The van der Waals surface area contributed by atoms with E-state index in [0.717, 1.165) is 24.0 Å². The van der Waals surface area contributed by atoms with Gasteiger partial charge in [-0.15, -0.1) is 0 Å². The van der Waals surface area contributed by atoms with E-state index in [1.807, 2.05) is 0 Å². The van der Waals surface area contributed by atoms with Crippen molar-refractivity contribution < 1.29 is 4.42 Å². The topological polar surface area (TPSA) is 13.1 Å². The van der Waals surface area contributed by atoms with Crippen LogP contribution in [0.2, 0.25) is 0 Å². The summed E-state index contributed by atoms with van der Waals surface area (Å²) in [4.78, 5) is 0. The van der Waals surface area contributed by atoms with Gasteiger partial charge < -0.3 is 4.42 Å². The average Bonchev–Trinajstić information content (AvgIpc) is 3.25. The summed E-state index contributed by atoms with van der Waals surface area (Å²) in [5, 5.41) is 2.44. The number of allylic oxidation sites excluding steroid dienone is 4. The van der Waals surface area contributed by atoms with Crippen LogP contribution in [0.4, 0.5) is 0 Å². The molecular formula is C31H24O. The molecule has 0 aliphatic heterocycles. The molecule has 0 N–H and O–H groups in total. The second kappa shape index (κ2) is 7.69. The maximum atomic E-state index is 6.32. The van der Waals surface area contributed by atoms with Crippen LogP contribution < -0.4 is 0 Å². The Labute approximate surface area is 188 Å². The fourth-order valence-corrected chi connectivity index (χ4v) is 4.89. The molecule has 0 radical (unpaired) electrons. The Balaban J connectivity index is 1.35. The molecule has 0 fully saturated rings. The van der Waals surface area contributed by atoms with Crippen LogP contribution in [0.5, 0.6) is 0 Å². The van der Waals surface area contributed by atoms with E-state index in [1.165, 1.54) is 49.7 Å². The Kier molecular flexibility index (Phi) is 4.54. The third-order valence-electron chi connectivity index (χ3n) is 6.59. The number of para-hydroxylation sites is 1. The molecule has 6 rings (SSSR count). The van der Waals surface area contributed by atoms with Crippen LogP contribution in [-0.2, 0) is 0 Å². The second-order valence-corrected chi connectivity index (χ2v) is 8.56. The van der Waals surface area contributed by atoms with Gasteiger partial charge in [-0.2, -0.15) is 0 Å². The smallest absolute Gasteiger partial charge is 0.142 e. The highest BCUT2D eigenvalue weighted by molar-refractivity contribution is 6.09. The van der Waals surface area contributed by atoms with Crippen molar-refractivity contribution in [1.82, 2.24) is 0 Å². The van der Waals surface area contributed by atoms with Gasteiger partial charge in [0.2, 0.25) is 0 Å². The first kappa shape index (κ1) is 18.9. The Morgan fingerprint density at radius 1 is 0.594 bits per heavy atom. The van der Waals surface area contributed by atoms with Gasteiger partial charge in [0, 0.05) is 16.3 Å². The standard InChI is InChI=1S/C31H24O/c1-21-7-5-12-29-30(21)28-11-6-10-27(31(28)32-29)26-19-17-25(18-20-26)24-15-13-23(14-16-24)22-8-3-2-4-9-22/h2-17,19H,18,20H2,1H3. The van der Waals surface area contributed by atoms with Gasteiger partial charge >= 0.3 is 0 Å². The zero-order valence-electron chi connectivity index (χ0n) is 18.1. The average molecular weight is 413 g/mol. The van der Waals surface area contributed by atoms with Gasteiger partial charge in [-0.25, -0.2) is 0 Å². The molecule has 0 saturated heterocycles. The summed E-state index contributed by atoms with van der Waals surface area (Å²) < 4.78 is 6.32. The van der Waals surface area contributed by atoms with E-state index in [4.69, 9.17) is 4.42 Å². The Morgan fingerprint density at radius 3 is 2.06 bits per heavy atom. The first-order valence-corrected chi connectivity index (χ1v) is 11.2. The van der Waals surface area contributed by atoms with E-state index < -0.39 is 0 Å². The summed E-state index contributed by atoms with van der Waals surface area (Å²) in [5.74, 6) is 0. The number of aryl methyl sites for hydroxylation is 1. The van der Waals surface area contributed by atoms with Crippen molar-refractivity contribution >= 4 is 33.1 Å². The molecule has 1 nitrogen and oxygen atoms in total. The Hall–Kier alpha value is -3.84. The SMILES string of the molecule is Cc1cccc2oc3c(C4=CC=C(c5ccc(-c6ccccc6)cc5)CC4)cccc3c12. The van der Waals surface area contributed by atoms with Crippen LogP contribution in [0.25, 0.3) is 44.2 Å². The van der Waals surface area contributed by atoms with Crippen LogP contribution in [-0.4, -0.2) is 0 Å². The molecule has 0 atom stereocenters. The van der Waals surface area contributed by atoms with Crippen molar-refractivity contribution in [3.8, 4) is 11.1 Å². The summed E-state index contributed by atoms with van der Waals surface area (Å²) in [6.07, 6.45) is 6.61. The van der Waals surface area contributed by atoms with E-state index >= 15 is 0 Å². The molecule has 1 heterocycles. The van der Waals surface area contributed by atoms with Crippen LogP contribution in [0.1, 0.15) is 29.5 Å². The van der Waals surface area contributed by atoms with Crippen molar-refractivity contribution in [2.24, 2.45) is 0 Å². The van der Waals surface area contributed by atoms with Gasteiger partial charge in [-0.1, -0.05) is 97.1 Å². The highest BCUT2D eigenvalue weighted by Gasteiger charge is 2.17. The van der Waals surface area contributed by atoms with Crippen molar-refractivity contribution in [1.29, 1.82) is 0 Å². The van der Waals surface area contributed by atoms with E-state index in [2.05, 4.69) is 110 Å². The van der Waals surface area contributed by atoms with E-state index in [9.17, 15) is 0 Å². The van der Waals surface area contributed by atoms with Crippen molar-refractivity contribution in [3.63, 3.8) is 0 Å². The van der Waals surface area contributed by atoms with Crippen LogP contribution in [0.15, 0.2) is 108 Å². The first-order valence-electron chi connectivity index (χ1n) is 11.2. The molecule has 4 aromatic carbocycles. The molecule has 154 valence electrons. The Morgan fingerprint density at radius 2 is 1.28 bits per heavy atom. The van der Waals surface area contributed by atoms with Crippen LogP contribution >= 0.6 is 0 Å². The lowest BCUT2D eigenvalue weighted by atomic mass is 9.89. The quantitative estimate of drug-likeness (QED) is 0.288. The highest BCUT2D eigenvalue weighted by atomic mass is 16.3. The number of furan rings is 1. The minimum absolute atomic E-state index is 0.971. The summed E-state index contributed by atoms with van der Waals surface area (Å²) >= 11 is 0. The monoisotopic (exact) mass is 412 g/mol. The summed E-state index contributed by atoms with van der Waals surface area (Å²) in [6, 6.07) is 32.3.